The summed E-state index contributed by atoms with van der Waals surface area (Å²) in [5.41, 5.74) is 1.05. The van der Waals surface area contributed by atoms with Crippen molar-refractivity contribution >= 4 is 29.9 Å². The van der Waals surface area contributed by atoms with Crippen molar-refractivity contribution in [3.63, 3.8) is 0 Å². The van der Waals surface area contributed by atoms with Crippen LogP contribution < -0.4 is 10.6 Å². The third-order valence-corrected chi connectivity index (χ3v) is 4.98. The second kappa shape index (κ2) is 11.5. The smallest absolute Gasteiger partial charge is 0.391 e. The topological polar surface area (TPSA) is 49.6 Å². The van der Waals surface area contributed by atoms with Crippen molar-refractivity contribution < 1.29 is 17.6 Å². The summed E-state index contributed by atoms with van der Waals surface area (Å²) in [7, 11) is 0. The van der Waals surface area contributed by atoms with Crippen molar-refractivity contribution in [2.45, 2.75) is 50.9 Å². The zero-order valence-corrected chi connectivity index (χ0v) is 18.5. The molecule has 4 nitrogen and oxygen atoms in total. The van der Waals surface area contributed by atoms with Gasteiger partial charge in [0.25, 0.3) is 0 Å². The van der Waals surface area contributed by atoms with Crippen LogP contribution in [0.15, 0.2) is 58.1 Å². The molecule has 1 aromatic heterocycles. The first-order chi connectivity index (χ1) is 13.5. The highest BCUT2D eigenvalue weighted by atomic mass is 127. The molecule has 1 aromatic carbocycles. The second-order valence-electron chi connectivity index (χ2n) is 7.15. The van der Waals surface area contributed by atoms with E-state index in [0.29, 0.717) is 31.9 Å². The summed E-state index contributed by atoms with van der Waals surface area (Å²) in [5, 5.41) is 6.44. The monoisotopic (exact) mass is 521 g/mol. The number of guanidine groups is 1. The highest BCUT2D eigenvalue weighted by molar-refractivity contribution is 14.0. The van der Waals surface area contributed by atoms with Crippen LogP contribution in [0.2, 0.25) is 0 Å². The Kier molecular flexibility index (Phi) is 9.32. The van der Waals surface area contributed by atoms with E-state index in [1.54, 1.807) is 6.26 Å². The van der Waals surface area contributed by atoms with E-state index in [1.165, 1.54) is 0 Å². The van der Waals surface area contributed by atoms with Crippen LogP contribution in [0, 0.1) is 5.92 Å². The van der Waals surface area contributed by atoms with E-state index in [-0.39, 0.29) is 42.9 Å². The Morgan fingerprint density at radius 1 is 1.10 bits per heavy atom. The van der Waals surface area contributed by atoms with Crippen LogP contribution in [-0.2, 0) is 13.0 Å². The van der Waals surface area contributed by atoms with E-state index in [9.17, 15) is 13.2 Å². The minimum Gasteiger partial charge on any atom is -0.469 e. The number of furan rings is 1. The highest BCUT2D eigenvalue weighted by Gasteiger charge is 2.42. The van der Waals surface area contributed by atoms with Crippen LogP contribution in [0.25, 0.3) is 0 Å². The van der Waals surface area contributed by atoms with E-state index in [0.717, 1.165) is 17.7 Å². The maximum Gasteiger partial charge on any atom is 0.391 e. The SMILES string of the molecule is FC(F)(F)C1CCCC(NC(=NCc2ccccc2)NCCc2ccco2)C1.I. The van der Waals surface area contributed by atoms with Gasteiger partial charge < -0.3 is 15.1 Å². The molecule has 1 aliphatic rings. The lowest BCUT2D eigenvalue weighted by Gasteiger charge is -2.32. The van der Waals surface area contributed by atoms with Crippen molar-refractivity contribution in [2.24, 2.45) is 10.9 Å². The number of hydrogen-bond acceptors (Lipinski definition) is 2. The third kappa shape index (κ3) is 7.91. The maximum absolute atomic E-state index is 13.1. The van der Waals surface area contributed by atoms with Gasteiger partial charge in [0, 0.05) is 19.0 Å². The van der Waals surface area contributed by atoms with Gasteiger partial charge in [0.05, 0.1) is 18.7 Å². The van der Waals surface area contributed by atoms with Gasteiger partial charge in [-0.1, -0.05) is 36.8 Å². The summed E-state index contributed by atoms with van der Waals surface area (Å²) in [5.74, 6) is 0.158. The molecule has 0 aliphatic heterocycles. The molecule has 0 saturated heterocycles. The molecule has 8 heteroatoms. The van der Waals surface area contributed by atoms with Crippen molar-refractivity contribution in [3.8, 4) is 0 Å². The number of benzene rings is 1. The molecule has 0 bridgehead atoms. The molecule has 2 atom stereocenters. The molecule has 160 valence electrons. The van der Waals surface area contributed by atoms with Gasteiger partial charge in [0.15, 0.2) is 5.96 Å². The number of aliphatic imine (C=N–C) groups is 1. The van der Waals surface area contributed by atoms with Crippen LogP contribution in [0.4, 0.5) is 13.2 Å². The average molecular weight is 521 g/mol. The van der Waals surface area contributed by atoms with Gasteiger partial charge >= 0.3 is 6.18 Å². The molecule has 0 spiro atoms. The molecule has 2 unspecified atom stereocenters. The number of rotatable bonds is 6. The van der Waals surface area contributed by atoms with E-state index < -0.39 is 12.1 Å². The van der Waals surface area contributed by atoms with Crippen LogP contribution >= 0.6 is 24.0 Å². The Bertz CT molecular complexity index is 735. The van der Waals surface area contributed by atoms with Crippen LogP contribution in [0.3, 0.4) is 0 Å². The van der Waals surface area contributed by atoms with Gasteiger partial charge in [-0.3, -0.25) is 0 Å². The fourth-order valence-corrected chi connectivity index (χ4v) is 3.48. The molecular formula is C21H27F3IN3O. The lowest BCUT2D eigenvalue weighted by atomic mass is 9.85. The quantitative estimate of drug-likeness (QED) is 0.309. The minimum atomic E-state index is -4.13. The summed E-state index contributed by atoms with van der Waals surface area (Å²) >= 11 is 0. The van der Waals surface area contributed by atoms with Crippen molar-refractivity contribution in [1.29, 1.82) is 0 Å². The van der Waals surface area contributed by atoms with Crippen molar-refractivity contribution in [1.82, 2.24) is 10.6 Å². The average Bonchev–Trinajstić information content (AvgIpc) is 3.20. The van der Waals surface area contributed by atoms with Crippen LogP contribution in [-0.4, -0.2) is 24.7 Å². The molecule has 1 saturated carbocycles. The van der Waals surface area contributed by atoms with Crippen LogP contribution in [0.5, 0.6) is 0 Å². The molecule has 1 heterocycles. The summed E-state index contributed by atoms with van der Waals surface area (Å²) in [6.07, 6.45) is -0.241. The fraction of sp³-hybridized carbons (Fsp3) is 0.476. The van der Waals surface area contributed by atoms with E-state index in [1.807, 2.05) is 42.5 Å². The predicted molar refractivity (Wildman–Crippen MR) is 118 cm³/mol. The third-order valence-electron chi connectivity index (χ3n) is 4.98. The summed E-state index contributed by atoms with van der Waals surface area (Å²) in [4.78, 5) is 4.58. The summed E-state index contributed by atoms with van der Waals surface area (Å²) < 4.78 is 44.6. The standard InChI is InChI=1S/C21H26F3N3O.HI/c22-21(23,24)17-8-4-9-18(14-17)27-20(25-12-11-19-10-5-13-28-19)26-15-16-6-2-1-3-7-16;/h1-3,5-7,10,13,17-18H,4,8-9,11-12,14-15H2,(H2,25,26,27);1H. The molecule has 2 aromatic rings. The number of halogens is 4. The van der Waals surface area contributed by atoms with Gasteiger partial charge in [-0.15, -0.1) is 24.0 Å². The number of nitrogens with zero attached hydrogens (tertiary/aromatic N) is 1. The first-order valence-corrected chi connectivity index (χ1v) is 9.68. The number of alkyl halides is 3. The zero-order chi connectivity index (χ0) is 19.8. The maximum atomic E-state index is 13.1. The Balaban J connectivity index is 0.00000300. The Hall–Kier alpha value is -1.71. The molecule has 2 N–H and O–H groups in total. The second-order valence-corrected chi connectivity index (χ2v) is 7.15. The normalized spacial score (nSPS) is 20.0. The molecule has 0 radical (unpaired) electrons. The lowest BCUT2D eigenvalue weighted by molar-refractivity contribution is -0.183. The van der Waals surface area contributed by atoms with Gasteiger partial charge in [-0.05, 0) is 37.0 Å². The molecule has 1 fully saturated rings. The zero-order valence-electron chi connectivity index (χ0n) is 16.1. The van der Waals surface area contributed by atoms with Gasteiger partial charge in [0.2, 0.25) is 0 Å². The Labute approximate surface area is 186 Å². The summed E-state index contributed by atoms with van der Waals surface area (Å²) in [6, 6.07) is 13.3. The summed E-state index contributed by atoms with van der Waals surface area (Å²) in [6.45, 7) is 1.05. The van der Waals surface area contributed by atoms with Crippen molar-refractivity contribution in [2.75, 3.05) is 6.54 Å². The highest BCUT2D eigenvalue weighted by Crippen LogP contribution is 2.37. The van der Waals surface area contributed by atoms with Gasteiger partial charge in [-0.25, -0.2) is 4.99 Å². The first-order valence-electron chi connectivity index (χ1n) is 9.68. The van der Waals surface area contributed by atoms with Crippen molar-refractivity contribution in [3.05, 3.63) is 60.1 Å². The van der Waals surface area contributed by atoms with Gasteiger partial charge in [0.1, 0.15) is 5.76 Å². The molecule has 3 rings (SSSR count). The molecular weight excluding hydrogens is 494 g/mol. The van der Waals surface area contributed by atoms with E-state index >= 15 is 0 Å². The van der Waals surface area contributed by atoms with Gasteiger partial charge in [-0.2, -0.15) is 13.2 Å². The first kappa shape index (κ1) is 23.6. The largest absolute Gasteiger partial charge is 0.469 e. The fourth-order valence-electron chi connectivity index (χ4n) is 3.48. The predicted octanol–water partition coefficient (Wildman–Crippen LogP) is 5.30. The minimum absolute atomic E-state index is 0. The molecule has 29 heavy (non-hydrogen) atoms. The van der Waals surface area contributed by atoms with E-state index in [4.69, 9.17) is 4.42 Å². The number of hydrogen-bond donors (Lipinski definition) is 2. The van der Waals surface area contributed by atoms with E-state index in [2.05, 4.69) is 15.6 Å². The lowest BCUT2D eigenvalue weighted by Crippen LogP contribution is -2.47. The number of nitrogens with one attached hydrogen (secondary N) is 2. The Morgan fingerprint density at radius 3 is 2.59 bits per heavy atom. The van der Waals surface area contributed by atoms with Crippen LogP contribution in [0.1, 0.15) is 37.0 Å². The molecule has 1 aliphatic carbocycles. The Morgan fingerprint density at radius 2 is 1.90 bits per heavy atom. The molecule has 0 amide bonds.